The Balaban J connectivity index is 1.62. The topological polar surface area (TPSA) is 49.9 Å². The molecule has 1 aliphatic rings. The summed E-state index contributed by atoms with van der Waals surface area (Å²) in [5, 5.41) is 0. The molecule has 3 aromatic rings. The summed E-state index contributed by atoms with van der Waals surface area (Å²) in [6.07, 6.45) is 8.47. The van der Waals surface area contributed by atoms with Crippen LogP contribution in [-0.2, 0) is 20.9 Å². The minimum Gasteiger partial charge on any atom is -0.466 e. The second kappa shape index (κ2) is 12.6. The molecule has 198 valence electrons. The summed E-state index contributed by atoms with van der Waals surface area (Å²) in [4.78, 5) is 29.6. The normalized spacial score (nSPS) is 13.9. The first-order valence-corrected chi connectivity index (χ1v) is 13.4. The van der Waals surface area contributed by atoms with E-state index in [2.05, 4.69) is 53.4 Å². The highest BCUT2D eigenvalue weighted by atomic mass is 16.5. The summed E-state index contributed by atoms with van der Waals surface area (Å²) in [7, 11) is 5.44. The van der Waals surface area contributed by atoms with Gasteiger partial charge in [-0.25, -0.2) is 4.79 Å². The van der Waals surface area contributed by atoms with Gasteiger partial charge in [-0.15, -0.1) is 0 Å². The maximum absolute atomic E-state index is 13.9. The number of methoxy groups -OCH3 is 1. The molecule has 0 heterocycles. The number of carbonyl (C=O) groups is 2. The lowest BCUT2D eigenvalue weighted by Gasteiger charge is -2.31. The number of rotatable bonds is 8. The lowest BCUT2D eigenvalue weighted by atomic mass is 9.87. The zero-order valence-corrected chi connectivity index (χ0v) is 22.9. The van der Waals surface area contributed by atoms with Crippen LogP contribution >= 0.6 is 0 Å². The zero-order valence-electron chi connectivity index (χ0n) is 22.9. The molecule has 1 aliphatic carbocycles. The van der Waals surface area contributed by atoms with Crippen molar-refractivity contribution in [2.45, 2.75) is 45.6 Å². The number of anilines is 2. The molecule has 0 spiro atoms. The van der Waals surface area contributed by atoms with E-state index in [0.29, 0.717) is 6.54 Å². The van der Waals surface area contributed by atoms with Crippen molar-refractivity contribution < 1.29 is 14.3 Å². The third kappa shape index (κ3) is 6.52. The van der Waals surface area contributed by atoms with Crippen LogP contribution in [0.1, 0.15) is 48.8 Å². The van der Waals surface area contributed by atoms with E-state index >= 15 is 0 Å². The van der Waals surface area contributed by atoms with E-state index in [4.69, 9.17) is 4.74 Å². The van der Waals surface area contributed by atoms with Gasteiger partial charge in [-0.1, -0.05) is 67.8 Å². The van der Waals surface area contributed by atoms with Gasteiger partial charge in [0.1, 0.15) is 0 Å². The third-order valence-corrected chi connectivity index (χ3v) is 7.47. The molecular formula is C33H38N2O3. The number of ether oxygens (including phenoxy) is 1. The first-order valence-electron chi connectivity index (χ1n) is 13.4. The lowest BCUT2D eigenvalue weighted by Crippen LogP contribution is -2.37. The first-order chi connectivity index (χ1) is 18.4. The number of esters is 1. The minimum absolute atomic E-state index is 0.0481. The molecule has 38 heavy (non-hydrogen) atoms. The summed E-state index contributed by atoms with van der Waals surface area (Å²) in [5.74, 6) is -0.168. The Morgan fingerprint density at radius 1 is 0.895 bits per heavy atom. The molecule has 0 unspecified atom stereocenters. The van der Waals surface area contributed by atoms with Crippen molar-refractivity contribution >= 4 is 29.3 Å². The van der Waals surface area contributed by atoms with E-state index in [-0.39, 0.29) is 11.8 Å². The fourth-order valence-corrected chi connectivity index (χ4v) is 5.13. The van der Waals surface area contributed by atoms with Crippen LogP contribution in [0.5, 0.6) is 0 Å². The minimum atomic E-state index is -0.401. The Morgan fingerprint density at radius 2 is 1.53 bits per heavy atom. The van der Waals surface area contributed by atoms with Crippen LogP contribution in [0.2, 0.25) is 0 Å². The number of benzene rings is 3. The van der Waals surface area contributed by atoms with Gasteiger partial charge in [0.25, 0.3) is 0 Å². The van der Waals surface area contributed by atoms with Crippen molar-refractivity contribution in [2.24, 2.45) is 5.92 Å². The van der Waals surface area contributed by atoms with Gasteiger partial charge < -0.3 is 14.5 Å². The molecule has 0 aliphatic heterocycles. The van der Waals surface area contributed by atoms with Crippen LogP contribution in [0.3, 0.4) is 0 Å². The molecule has 5 heteroatoms. The Bertz CT molecular complexity index is 1270. The van der Waals surface area contributed by atoms with Gasteiger partial charge in [-0.05, 0) is 71.9 Å². The van der Waals surface area contributed by atoms with E-state index in [1.54, 1.807) is 6.08 Å². The molecule has 0 N–H and O–H groups in total. The Labute approximate surface area is 226 Å². The summed E-state index contributed by atoms with van der Waals surface area (Å²) < 4.78 is 4.75. The van der Waals surface area contributed by atoms with Crippen molar-refractivity contribution in [1.29, 1.82) is 0 Å². The quantitative estimate of drug-likeness (QED) is 0.241. The van der Waals surface area contributed by atoms with E-state index < -0.39 is 5.97 Å². The van der Waals surface area contributed by atoms with Gasteiger partial charge in [0.05, 0.1) is 13.7 Å². The summed E-state index contributed by atoms with van der Waals surface area (Å²) in [6.45, 7) is 2.51. The van der Waals surface area contributed by atoms with Crippen LogP contribution in [0, 0.1) is 12.8 Å². The third-order valence-electron chi connectivity index (χ3n) is 7.47. The highest BCUT2D eigenvalue weighted by molar-refractivity contribution is 5.96. The highest BCUT2D eigenvalue weighted by Gasteiger charge is 2.28. The molecule has 4 rings (SSSR count). The Kier molecular flexibility index (Phi) is 9.01. The predicted octanol–water partition coefficient (Wildman–Crippen LogP) is 7.03. The maximum Gasteiger partial charge on any atom is 0.330 e. The highest BCUT2D eigenvalue weighted by Crippen LogP contribution is 2.32. The molecule has 0 atom stereocenters. The average molecular weight is 511 g/mol. The monoisotopic (exact) mass is 510 g/mol. The number of hydrogen-bond donors (Lipinski definition) is 0. The van der Waals surface area contributed by atoms with Gasteiger partial charge in [-0.3, -0.25) is 4.79 Å². The standard InChI is InChI=1S/C33H38N2O3/c1-24-26(19-22-32(36)38-4)11-8-12-31(24)35(33(37)29-9-6-5-7-10-29)23-25-13-15-27(16-14-25)28-17-20-30(21-18-28)34(2)3/h8,11-22,29H,5-7,9-10,23H2,1-4H3/b22-19+. The Hall–Kier alpha value is -3.86. The number of carbonyl (C=O) groups excluding carboxylic acids is 2. The largest absolute Gasteiger partial charge is 0.466 e. The molecule has 1 saturated carbocycles. The summed E-state index contributed by atoms with van der Waals surface area (Å²) in [6, 6.07) is 22.9. The van der Waals surface area contributed by atoms with Crippen molar-refractivity contribution in [3.8, 4) is 11.1 Å². The predicted molar refractivity (Wildman–Crippen MR) is 156 cm³/mol. The molecule has 5 nitrogen and oxygen atoms in total. The lowest BCUT2D eigenvalue weighted by molar-refractivity contribution is -0.134. The van der Waals surface area contributed by atoms with Crippen LogP contribution in [0.25, 0.3) is 17.2 Å². The molecular weight excluding hydrogens is 472 g/mol. The number of amides is 1. The van der Waals surface area contributed by atoms with Gasteiger partial charge in [0.2, 0.25) is 5.91 Å². The van der Waals surface area contributed by atoms with Crippen LogP contribution in [0.4, 0.5) is 11.4 Å². The van der Waals surface area contributed by atoms with E-state index in [9.17, 15) is 9.59 Å². The zero-order chi connectivity index (χ0) is 27.1. The van der Waals surface area contributed by atoms with E-state index in [1.807, 2.05) is 44.1 Å². The summed E-state index contributed by atoms with van der Waals surface area (Å²) in [5.41, 5.74) is 7.31. The molecule has 1 fully saturated rings. The SMILES string of the molecule is COC(=O)/C=C/c1cccc(N(Cc2ccc(-c3ccc(N(C)C)cc3)cc2)C(=O)C2CCCCC2)c1C. The fraction of sp³-hybridized carbons (Fsp3) is 0.333. The second-order valence-electron chi connectivity index (χ2n) is 10.2. The van der Waals surface area contributed by atoms with Crippen LogP contribution < -0.4 is 9.80 Å². The van der Waals surface area contributed by atoms with Crippen LogP contribution in [-0.4, -0.2) is 33.1 Å². The summed E-state index contributed by atoms with van der Waals surface area (Å²) >= 11 is 0. The van der Waals surface area contributed by atoms with Gasteiger partial charge in [0.15, 0.2) is 0 Å². The van der Waals surface area contributed by atoms with Crippen LogP contribution in [0.15, 0.2) is 72.8 Å². The molecule has 0 radical (unpaired) electrons. The Morgan fingerprint density at radius 3 is 2.13 bits per heavy atom. The molecule has 3 aromatic carbocycles. The smallest absolute Gasteiger partial charge is 0.330 e. The molecule has 1 amide bonds. The van der Waals surface area contributed by atoms with Crippen molar-refractivity contribution in [3.05, 3.63) is 89.5 Å². The van der Waals surface area contributed by atoms with Gasteiger partial charge in [0, 0.05) is 37.5 Å². The van der Waals surface area contributed by atoms with Gasteiger partial charge >= 0.3 is 5.97 Å². The van der Waals surface area contributed by atoms with E-state index in [1.165, 1.54) is 30.9 Å². The number of nitrogens with zero attached hydrogens (tertiary/aromatic N) is 2. The van der Waals surface area contributed by atoms with Crippen molar-refractivity contribution in [2.75, 3.05) is 31.0 Å². The van der Waals surface area contributed by atoms with E-state index in [0.717, 1.165) is 53.6 Å². The molecule has 0 bridgehead atoms. The van der Waals surface area contributed by atoms with Crippen molar-refractivity contribution in [3.63, 3.8) is 0 Å². The average Bonchev–Trinajstić information content (AvgIpc) is 2.96. The van der Waals surface area contributed by atoms with Crippen molar-refractivity contribution in [1.82, 2.24) is 0 Å². The molecule has 0 aromatic heterocycles. The number of hydrogen-bond acceptors (Lipinski definition) is 4. The van der Waals surface area contributed by atoms with Gasteiger partial charge in [-0.2, -0.15) is 0 Å². The maximum atomic E-state index is 13.9. The molecule has 0 saturated heterocycles. The fourth-order valence-electron chi connectivity index (χ4n) is 5.13. The second-order valence-corrected chi connectivity index (χ2v) is 10.2. The first kappa shape index (κ1) is 27.2.